The Labute approximate surface area is 214 Å². The summed E-state index contributed by atoms with van der Waals surface area (Å²) in [6.45, 7) is 8.18. The van der Waals surface area contributed by atoms with E-state index < -0.39 is 5.92 Å². The zero-order valence-electron chi connectivity index (χ0n) is 22.3. The molecule has 1 aromatic rings. The molecule has 2 atom stereocenters. The van der Waals surface area contributed by atoms with Crippen molar-refractivity contribution in [3.05, 3.63) is 35.9 Å². The van der Waals surface area contributed by atoms with E-state index in [2.05, 4.69) is 31.0 Å². The van der Waals surface area contributed by atoms with E-state index in [9.17, 15) is 13.6 Å². The van der Waals surface area contributed by atoms with E-state index in [1.165, 1.54) is 0 Å². The molecule has 0 bridgehead atoms. The molecule has 0 spiro atoms. The number of nitrogens with one attached hydrogen (secondary N) is 1. The molecule has 7 nitrogen and oxygen atoms in total. The summed E-state index contributed by atoms with van der Waals surface area (Å²) in [6, 6.07) is 10.2. The molecule has 0 radical (unpaired) electrons. The van der Waals surface area contributed by atoms with Crippen molar-refractivity contribution in [3.63, 3.8) is 0 Å². The molecular formula is C27H45F2N6O+. The number of benzene rings is 1. The second-order valence-electron chi connectivity index (χ2n) is 10.9. The van der Waals surface area contributed by atoms with Gasteiger partial charge in [0.15, 0.2) is 0 Å². The fourth-order valence-corrected chi connectivity index (χ4v) is 5.71. The number of hydrogen-bond donors (Lipinski definition) is 3. The van der Waals surface area contributed by atoms with Crippen molar-refractivity contribution in [2.75, 3.05) is 20.1 Å². The summed E-state index contributed by atoms with van der Waals surface area (Å²) >= 11 is 0. The number of hydrazine groups is 2. The minimum atomic E-state index is -2.64. The first-order chi connectivity index (χ1) is 17.0. The number of rotatable bonds is 9. The van der Waals surface area contributed by atoms with Gasteiger partial charge in [0.2, 0.25) is 11.8 Å². The van der Waals surface area contributed by atoms with Crippen LogP contribution in [0.5, 0.6) is 0 Å². The number of nitrogens with two attached hydrogens (primary N) is 2. The summed E-state index contributed by atoms with van der Waals surface area (Å²) in [5.41, 5.74) is 7.57. The van der Waals surface area contributed by atoms with Gasteiger partial charge in [-0.3, -0.25) is 10.5 Å². The van der Waals surface area contributed by atoms with Gasteiger partial charge in [-0.25, -0.2) is 14.6 Å². The minimum Gasteiger partial charge on any atom is -0.349 e. The number of alkyl halides is 2. The number of hydrazone groups is 1. The molecule has 1 aromatic carbocycles. The second kappa shape index (κ2) is 12.3. The van der Waals surface area contributed by atoms with Gasteiger partial charge in [0.05, 0.1) is 19.0 Å². The third kappa shape index (κ3) is 7.38. The van der Waals surface area contributed by atoms with Gasteiger partial charge in [-0.2, -0.15) is 5.12 Å². The van der Waals surface area contributed by atoms with Crippen LogP contribution in [0.3, 0.4) is 0 Å². The van der Waals surface area contributed by atoms with Crippen LogP contribution in [0.4, 0.5) is 8.78 Å². The van der Waals surface area contributed by atoms with Crippen molar-refractivity contribution >= 4 is 11.7 Å². The highest BCUT2D eigenvalue weighted by molar-refractivity contribution is 5.79. The summed E-state index contributed by atoms with van der Waals surface area (Å²) < 4.78 is 29.1. The van der Waals surface area contributed by atoms with E-state index in [1.807, 2.05) is 35.0 Å². The zero-order valence-corrected chi connectivity index (χ0v) is 22.3. The van der Waals surface area contributed by atoms with Crippen LogP contribution in [-0.2, 0) is 4.79 Å². The summed E-state index contributed by atoms with van der Waals surface area (Å²) in [6.07, 6.45) is 2.73. The van der Waals surface area contributed by atoms with E-state index in [0.29, 0.717) is 0 Å². The molecule has 1 saturated heterocycles. The van der Waals surface area contributed by atoms with Crippen molar-refractivity contribution in [2.45, 2.75) is 89.8 Å². The lowest BCUT2D eigenvalue weighted by molar-refractivity contribution is -0.712. The van der Waals surface area contributed by atoms with Crippen molar-refractivity contribution in [3.8, 4) is 0 Å². The van der Waals surface area contributed by atoms with Gasteiger partial charge in [-0.1, -0.05) is 30.3 Å². The standard InChI is InChI=1S/C27H44F2N6O/c1-19(2)35(33(4)31)25(30)22-12-16-34(17-13-22)20(3)18-24(21-8-6-5-7-9-21)32-26(36)23-10-14-27(28,29)15-11-23/h5-9,19-20,22-24,30H,10-18,31H2,1-4H3,(H,32,36)/p+1/t20?,24-/m0/s1. The maximum absolute atomic E-state index is 13.6. The number of nitrogens with zero attached hydrogens (tertiary/aromatic N) is 3. The monoisotopic (exact) mass is 507 g/mol. The number of carbonyl (C=O) groups is 1. The van der Waals surface area contributed by atoms with Crippen LogP contribution in [0.25, 0.3) is 0 Å². The van der Waals surface area contributed by atoms with Crippen molar-refractivity contribution in [2.24, 2.45) is 23.4 Å². The molecule has 1 unspecified atom stereocenters. The number of amides is 1. The number of likely N-dealkylation sites (tertiary alicyclic amines) is 1. The van der Waals surface area contributed by atoms with Gasteiger partial charge in [0.1, 0.15) is 6.04 Å². The molecule has 1 amide bonds. The van der Waals surface area contributed by atoms with Crippen LogP contribution in [0, 0.1) is 11.8 Å². The Hall–Kier alpha value is -2.26. The smallest absolute Gasteiger partial charge is 0.270 e. The molecule has 1 aliphatic carbocycles. The molecule has 3 rings (SSSR count). The Morgan fingerprint density at radius 1 is 1.11 bits per heavy atom. The first kappa shape index (κ1) is 28.3. The van der Waals surface area contributed by atoms with Crippen LogP contribution >= 0.6 is 0 Å². The molecule has 36 heavy (non-hydrogen) atoms. The van der Waals surface area contributed by atoms with Crippen molar-refractivity contribution < 1.29 is 18.3 Å². The van der Waals surface area contributed by atoms with E-state index in [0.717, 1.165) is 43.8 Å². The average Bonchev–Trinajstić information content (AvgIpc) is 2.83. The predicted octanol–water partition coefficient (Wildman–Crippen LogP) is 3.66. The third-order valence-electron chi connectivity index (χ3n) is 7.85. The van der Waals surface area contributed by atoms with Crippen molar-refractivity contribution in [1.29, 1.82) is 0 Å². The van der Waals surface area contributed by atoms with Gasteiger partial charge in [0.25, 0.3) is 5.84 Å². The number of amidine groups is 1. The highest BCUT2D eigenvalue weighted by atomic mass is 19.3. The van der Waals surface area contributed by atoms with Gasteiger partial charge < -0.3 is 10.2 Å². The SMILES string of the molecule is CC(C[C@H](NC(=O)C1CCC(F)(F)CC1)c1ccccc1)N1CCC(/C(N)=[N+](\C(C)C)N(C)N)CC1. The van der Waals surface area contributed by atoms with Gasteiger partial charge in [0, 0.05) is 24.8 Å². The van der Waals surface area contributed by atoms with Crippen LogP contribution in [0.15, 0.2) is 30.3 Å². The zero-order chi connectivity index (χ0) is 26.5. The van der Waals surface area contributed by atoms with E-state index in [1.54, 1.807) is 12.2 Å². The van der Waals surface area contributed by atoms with E-state index >= 15 is 0 Å². The van der Waals surface area contributed by atoms with Crippen LogP contribution in [0.2, 0.25) is 0 Å². The lowest BCUT2D eigenvalue weighted by Crippen LogP contribution is -2.52. The van der Waals surface area contributed by atoms with Crippen LogP contribution in [0.1, 0.15) is 77.3 Å². The lowest BCUT2D eigenvalue weighted by Gasteiger charge is -2.37. The number of halogens is 2. The first-order valence-electron chi connectivity index (χ1n) is 13.4. The molecule has 1 heterocycles. The Kier molecular flexibility index (Phi) is 9.69. The average molecular weight is 508 g/mol. The maximum Gasteiger partial charge on any atom is 0.270 e. The molecule has 2 fully saturated rings. The number of hydrogen-bond acceptors (Lipinski definition) is 4. The normalized spacial score (nSPS) is 22.1. The van der Waals surface area contributed by atoms with E-state index in [4.69, 9.17) is 11.6 Å². The summed E-state index contributed by atoms with van der Waals surface area (Å²) in [5, 5.41) is 4.77. The molecule has 1 aliphatic heterocycles. The third-order valence-corrected chi connectivity index (χ3v) is 7.85. The molecular weight excluding hydrogens is 462 g/mol. The van der Waals surface area contributed by atoms with Gasteiger partial charge >= 0.3 is 0 Å². The Balaban J connectivity index is 1.63. The fraction of sp³-hybridized carbons (Fsp3) is 0.704. The summed E-state index contributed by atoms with van der Waals surface area (Å²) in [4.78, 5) is 15.5. The maximum atomic E-state index is 13.6. The summed E-state index contributed by atoms with van der Waals surface area (Å²) in [7, 11) is 1.81. The quantitative estimate of drug-likeness (QED) is 0.156. The lowest BCUT2D eigenvalue weighted by atomic mass is 9.85. The highest BCUT2D eigenvalue weighted by Crippen LogP contribution is 2.36. The topological polar surface area (TPSA) is 90.6 Å². The molecule has 5 N–H and O–H groups in total. The van der Waals surface area contributed by atoms with E-state index in [-0.39, 0.29) is 61.6 Å². The largest absolute Gasteiger partial charge is 0.349 e. The summed E-state index contributed by atoms with van der Waals surface area (Å²) in [5.74, 6) is 4.02. The fourth-order valence-electron chi connectivity index (χ4n) is 5.71. The molecule has 0 aromatic heterocycles. The minimum absolute atomic E-state index is 0.104. The van der Waals surface area contributed by atoms with Crippen molar-refractivity contribution in [1.82, 2.24) is 15.3 Å². The Morgan fingerprint density at radius 3 is 2.22 bits per heavy atom. The first-order valence-corrected chi connectivity index (χ1v) is 13.4. The van der Waals surface area contributed by atoms with Gasteiger partial charge in [-0.15, -0.1) is 4.68 Å². The van der Waals surface area contributed by atoms with Crippen LogP contribution < -0.4 is 16.9 Å². The molecule has 1 saturated carbocycles. The molecule has 202 valence electrons. The number of carbonyl (C=O) groups excluding carboxylic acids is 1. The van der Waals surface area contributed by atoms with Gasteiger partial charge in [-0.05, 0) is 71.5 Å². The molecule has 9 heteroatoms. The Morgan fingerprint density at radius 2 is 1.69 bits per heavy atom. The Bertz CT molecular complexity index is 864. The number of piperidine rings is 1. The highest BCUT2D eigenvalue weighted by Gasteiger charge is 2.38. The predicted molar refractivity (Wildman–Crippen MR) is 139 cm³/mol. The molecule has 2 aliphatic rings. The second-order valence-corrected chi connectivity index (χ2v) is 10.9. The van der Waals surface area contributed by atoms with Crippen LogP contribution in [-0.4, -0.2) is 64.6 Å².